The van der Waals surface area contributed by atoms with E-state index < -0.39 is 0 Å². The van der Waals surface area contributed by atoms with Gasteiger partial charge in [0, 0.05) is 31.5 Å². The van der Waals surface area contributed by atoms with E-state index in [-0.39, 0.29) is 6.04 Å². The van der Waals surface area contributed by atoms with Crippen molar-refractivity contribution in [2.45, 2.75) is 6.04 Å². The van der Waals surface area contributed by atoms with E-state index in [2.05, 4.69) is 15.2 Å². The van der Waals surface area contributed by atoms with Gasteiger partial charge in [-0.2, -0.15) is 0 Å². The Bertz CT molecular complexity index is 624. The molecule has 0 amide bonds. The third kappa shape index (κ3) is 3.64. The van der Waals surface area contributed by atoms with E-state index in [1.807, 2.05) is 30.3 Å². The molecule has 1 fully saturated rings. The maximum Gasteiger partial charge on any atom is 0.137 e. The molecule has 0 bridgehead atoms. The fourth-order valence-electron chi connectivity index (χ4n) is 2.54. The van der Waals surface area contributed by atoms with E-state index >= 15 is 0 Å². The number of anilines is 1. The van der Waals surface area contributed by atoms with E-state index in [0.717, 1.165) is 31.1 Å². The highest BCUT2D eigenvalue weighted by atomic mass is 35.5. The number of ether oxygens (including phenoxy) is 1. The molecule has 4 nitrogen and oxygen atoms in total. The van der Waals surface area contributed by atoms with Gasteiger partial charge in [0.2, 0.25) is 0 Å². The summed E-state index contributed by atoms with van der Waals surface area (Å²) < 4.78 is 5.85. The minimum atomic E-state index is 0.228. The lowest BCUT2D eigenvalue weighted by atomic mass is 10.1. The molecule has 2 heterocycles. The quantitative estimate of drug-likeness (QED) is 0.929. The van der Waals surface area contributed by atoms with Crippen LogP contribution in [0.4, 0.5) is 5.69 Å². The van der Waals surface area contributed by atoms with Gasteiger partial charge in [-0.05, 0) is 30.3 Å². The van der Waals surface area contributed by atoms with Crippen molar-refractivity contribution in [3.05, 3.63) is 52.8 Å². The molecule has 1 aliphatic rings. The predicted octanol–water partition coefficient (Wildman–Crippen LogP) is 3.25. The molecule has 0 saturated carbocycles. The molecule has 2 aromatic rings. The lowest BCUT2D eigenvalue weighted by Crippen LogP contribution is -2.54. The average Bonchev–Trinajstić information content (AvgIpc) is 2.57. The van der Waals surface area contributed by atoms with E-state index in [1.54, 1.807) is 12.4 Å². The summed E-state index contributed by atoms with van der Waals surface area (Å²) in [4.78, 5) is 6.36. The van der Waals surface area contributed by atoms with Gasteiger partial charge in [-0.1, -0.05) is 23.2 Å². The zero-order chi connectivity index (χ0) is 15.4. The van der Waals surface area contributed by atoms with Gasteiger partial charge in [-0.25, -0.2) is 0 Å². The monoisotopic (exact) mass is 337 g/mol. The van der Waals surface area contributed by atoms with Crippen LogP contribution in [-0.2, 0) is 0 Å². The number of nitrogens with one attached hydrogen (secondary N) is 1. The minimum Gasteiger partial charge on any atom is -0.490 e. The van der Waals surface area contributed by atoms with Crippen LogP contribution >= 0.6 is 23.2 Å². The molecule has 1 atom stereocenters. The van der Waals surface area contributed by atoms with Crippen molar-refractivity contribution in [3.8, 4) is 5.75 Å². The van der Waals surface area contributed by atoms with Crippen molar-refractivity contribution in [1.29, 1.82) is 0 Å². The summed E-state index contributed by atoms with van der Waals surface area (Å²) in [7, 11) is 0. The maximum atomic E-state index is 6.14. The van der Waals surface area contributed by atoms with Crippen LogP contribution in [-0.4, -0.2) is 37.3 Å². The van der Waals surface area contributed by atoms with E-state index in [9.17, 15) is 0 Å². The summed E-state index contributed by atoms with van der Waals surface area (Å²) in [5, 5.41) is 4.55. The number of benzene rings is 1. The molecule has 0 radical (unpaired) electrons. The predicted molar refractivity (Wildman–Crippen MR) is 90.2 cm³/mol. The molecule has 6 heteroatoms. The summed E-state index contributed by atoms with van der Waals surface area (Å²) in [6, 6.07) is 9.74. The highest BCUT2D eigenvalue weighted by Gasteiger charge is 2.23. The summed E-state index contributed by atoms with van der Waals surface area (Å²) in [6.07, 6.45) is 3.46. The van der Waals surface area contributed by atoms with Crippen molar-refractivity contribution in [2.75, 3.05) is 31.1 Å². The highest BCUT2D eigenvalue weighted by molar-refractivity contribution is 6.42. The fourth-order valence-corrected chi connectivity index (χ4v) is 2.83. The smallest absolute Gasteiger partial charge is 0.137 e. The van der Waals surface area contributed by atoms with Gasteiger partial charge in [0.25, 0.3) is 0 Å². The Morgan fingerprint density at radius 3 is 2.95 bits per heavy atom. The Balaban J connectivity index is 1.72. The van der Waals surface area contributed by atoms with Crippen LogP contribution in [0.25, 0.3) is 0 Å². The number of pyridine rings is 1. The Labute approximate surface area is 140 Å². The molecule has 0 aliphatic carbocycles. The van der Waals surface area contributed by atoms with Crippen molar-refractivity contribution >= 4 is 28.9 Å². The zero-order valence-corrected chi connectivity index (χ0v) is 13.5. The maximum absolute atomic E-state index is 6.14. The molecule has 1 unspecified atom stereocenters. The largest absolute Gasteiger partial charge is 0.490 e. The molecule has 1 aliphatic heterocycles. The molecule has 1 N–H and O–H groups in total. The number of aromatic nitrogens is 1. The summed E-state index contributed by atoms with van der Waals surface area (Å²) in [5.41, 5.74) is 1.07. The second-order valence-corrected chi connectivity index (χ2v) is 5.96. The zero-order valence-electron chi connectivity index (χ0n) is 12.0. The molecular weight excluding hydrogens is 321 g/mol. The lowest BCUT2D eigenvalue weighted by molar-refractivity contribution is 0.266. The third-order valence-corrected chi connectivity index (χ3v) is 4.40. The van der Waals surface area contributed by atoms with Gasteiger partial charge in [0.15, 0.2) is 0 Å². The summed E-state index contributed by atoms with van der Waals surface area (Å²) in [5.74, 6) is 0.780. The minimum absolute atomic E-state index is 0.228. The number of nitrogens with zero attached hydrogens (tertiary/aromatic N) is 2. The molecule has 0 spiro atoms. The van der Waals surface area contributed by atoms with Crippen LogP contribution in [0.1, 0.15) is 0 Å². The van der Waals surface area contributed by atoms with Gasteiger partial charge in [-0.15, -0.1) is 0 Å². The molecule has 1 saturated heterocycles. The molecule has 1 aromatic heterocycles. The first-order chi connectivity index (χ1) is 10.7. The van der Waals surface area contributed by atoms with E-state index in [4.69, 9.17) is 27.9 Å². The number of hydrogen-bond donors (Lipinski definition) is 1. The first-order valence-corrected chi connectivity index (χ1v) is 7.95. The van der Waals surface area contributed by atoms with Crippen LogP contribution in [0.15, 0.2) is 42.7 Å². The molecular formula is C16H17Cl2N3O. The number of piperazine rings is 1. The Morgan fingerprint density at radius 2 is 2.18 bits per heavy atom. The van der Waals surface area contributed by atoms with Crippen LogP contribution in [0.5, 0.6) is 5.75 Å². The molecule has 3 rings (SSSR count). The van der Waals surface area contributed by atoms with E-state index in [1.165, 1.54) is 0 Å². The van der Waals surface area contributed by atoms with Crippen molar-refractivity contribution < 1.29 is 4.74 Å². The first-order valence-electron chi connectivity index (χ1n) is 7.19. The number of hydrogen-bond acceptors (Lipinski definition) is 4. The van der Waals surface area contributed by atoms with Crippen molar-refractivity contribution in [3.63, 3.8) is 0 Å². The fraction of sp³-hybridized carbons (Fsp3) is 0.312. The summed E-state index contributed by atoms with van der Waals surface area (Å²) in [6.45, 7) is 3.28. The highest BCUT2D eigenvalue weighted by Crippen LogP contribution is 2.28. The standard InChI is InChI=1S/C16H17Cl2N3O/c17-15-4-3-12(8-16(15)18)21-7-6-20-9-13(21)11-22-14-2-1-5-19-10-14/h1-5,8,10,13,20H,6-7,9,11H2. The third-order valence-electron chi connectivity index (χ3n) is 3.66. The van der Waals surface area contributed by atoms with Gasteiger partial charge in [0.1, 0.15) is 12.4 Å². The van der Waals surface area contributed by atoms with Gasteiger partial charge >= 0.3 is 0 Å². The van der Waals surface area contributed by atoms with Gasteiger partial charge in [-0.3, -0.25) is 4.98 Å². The lowest BCUT2D eigenvalue weighted by Gasteiger charge is -2.37. The summed E-state index contributed by atoms with van der Waals surface area (Å²) >= 11 is 12.1. The normalized spacial score (nSPS) is 18.3. The van der Waals surface area contributed by atoms with Crippen molar-refractivity contribution in [1.82, 2.24) is 10.3 Å². The Kier molecular flexibility index (Phi) is 5.03. The second-order valence-electron chi connectivity index (χ2n) is 5.15. The van der Waals surface area contributed by atoms with E-state index in [0.29, 0.717) is 16.7 Å². The first kappa shape index (κ1) is 15.4. The molecule has 1 aromatic carbocycles. The topological polar surface area (TPSA) is 37.4 Å². The van der Waals surface area contributed by atoms with Crippen LogP contribution in [0, 0.1) is 0 Å². The van der Waals surface area contributed by atoms with Crippen molar-refractivity contribution in [2.24, 2.45) is 0 Å². The van der Waals surface area contributed by atoms with Crippen LogP contribution in [0.3, 0.4) is 0 Å². The Morgan fingerprint density at radius 1 is 1.27 bits per heavy atom. The SMILES string of the molecule is Clc1ccc(N2CCNCC2COc2cccnc2)cc1Cl. The number of halogens is 2. The molecule has 116 valence electrons. The van der Waals surface area contributed by atoms with Gasteiger partial charge < -0.3 is 15.0 Å². The average molecular weight is 338 g/mol. The molecule has 22 heavy (non-hydrogen) atoms. The Hall–Kier alpha value is -1.49. The number of rotatable bonds is 4. The van der Waals surface area contributed by atoms with Crippen LogP contribution in [0.2, 0.25) is 10.0 Å². The van der Waals surface area contributed by atoms with Crippen LogP contribution < -0.4 is 15.0 Å². The van der Waals surface area contributed by atoms with Gasteiger partial charge in [0.05, 0.1) is 22.3 Å². The second kappa shape index (κ2) is 7.18.